The normalized spacial score (nSPS) is 10.3. The van der Waals surface area contributed by atoms with Crippen LogP contribution in [0.15, 0.2) is 46.9 Å². The van der Waals surface area contributed by atoms with Crippen LogP contribution in [-0.4, -0.2) is 5.91 Å². The van der Waals surface area contributed by atoms with Gasteiger partial charge in [0, 0.05) is 15.7 Å². The number of carbonyl (C=O) groups excluding carboxylic acids is 1. The lowest BCUT2D eigenvalue weighted by atomic mass is 10.1. The number of carbonyl (C=O) groups is 1. The van der Waals surface area contributed by atoms with E-state index in [1.54, 1.807) is 0 Å². The van der Waals surface area contributed by atoms with Gasteiger partial charge in [-0.2, -0.15) is 0 Å². The average molecular weight is 318 g/mol. The predicted molar refractivity (Wildman–Crippen MR) is 82.7 cm³/mol. The van der Waals surface area contributed by atoms with E-state index in [-0.39, 0.29) is 5.91 Å². The minimum Gasteiger partial charge on any atom is -0.322 e. The molecular formula is C16H16BrNO. The zero-order chi connectivity index (χ0) is 13.8. The van der Waals surface area contributed by atoms with E-state index < -0.39 is 0 Å². The molecule has 2 rings (SSSR count). The molecule has 19 heavy (non-hydrogen) atoms. The predicted octanol–water partition coefficient (Wildman–Crippen LogP) is 4.57. The number of nitrogens with one attached hydrogen (secondary N) is 1. The number of hydrogen-bond donors (Lipinski definition) is 1. The molecule has 1 amide bonds. The van der Waals surface area contributed by atoms with Gasteiger partial charge in [-0.3, -0.25) is 4.79 Å². The molecule has 0 atom stereocenters. The first-order chi connectivity index (χ1) is 9.10. The Morgan fingerprint density at radius 1 is 1.16 bits per heavy atom. The molecule has 0 spiro atoms. The van der Waals surface area contributed by atoms with Crippen LogP contribution in [0.3, 0.4) is 0 Å². The van der Waals surface area contributed by atoms with E-state index >= 15 is 0 Å². The average Bonchev–Trinajstić information content (AvgIpc) is 2.41. The van der Waals surface area contributed by atoms with Gasteiger partial charge >= 0.3 is 0 Å². The van der Waals surface area contributed by atoms with Crippen molar-refractivity contribution >= 4 is 27.5 Å². The van der Waals surface area contributed by atoms with Crippen molar-refractivity contribution in [2.24, 2.45) is 0 Å². The summed E-state index contributed by atoms with van der Waals surface area (Å²) in [4.78, 5) is 12.2. The largest absolute Gasteiger partial charge is 0.322 e. The molecule has 0 unspecified atom stereocenters. The molecule has 1 N–H and O–H groups in total. The molecule has 0 bridgehead atoms. The number of amides is 1. The van der Waals surface area contributed by atoms with Crippen molar-refractivity contribution in [2.75, 3.05) is 5.32 Å². The highest BCUT2D eigenvalue weighted by atomic mass is 79.9. The number of halogens is 1. The number of benzene rings is 2. The van der Waals surface area contributed by atoms with Crippen LogP contribution < -0.4 is 5.32 Å². The molecule has 0 aliphatic heterocycles. The number of anilines is 1. The lowest BCUT2D eigenvalue weighted by Crippen LogP contribution is -2.13. The van der Waals surface area contributed by atoms with E-state index in [1.165, 1.54) is 0 Å². The van der Waals surface area contributed by atoms with Gasteiger partial charge in [0.1, 0.15) is 0 Å². The van der Waals surface area contributed by atoms with Gasteiger partial charge in [0.2, 0.25) is 0 Å². The molecule has 0 aliphatic rings. The monoisotopic (exact) mass is 317 g/mol. The molecule has 0 radical (unpaired) electrons. The number of hydrogen-bond acceptors (Lipinski definition) is 1. The minimum absolute atomic E-state index is 0.0722. The van der Waals surface area contributed by atoms with Gasteiger partial charge in [0.15, 0.2) is 0 Å². The third-order valence-corrected chi connectivity index (χ3v) is 3.50. The maximum Gasteiger partial charge on any atom is 0.255 e. The summed E-state index contributed by atoms with van der Waals surface area (Å²) in [6.07, 6.45) is 0.878. The summed E-state index contributed by atoms with van der Waals surface area (Å²) in [5.41, 5.74) is 3.82. The first kappa shape index (κ1) is 13.8. The Labute approximate surface area is 122 Å². The first-order valence-corrected chi connectivity index (χ1v) is 7.06. The van der Waals surface area contributed by atoms with Crippen molar-refractivity contribution in [3.05, 3.63) is 63.6 Å². The van der Waals surface area contributed by atoms with Crippen molar-refractivity contribution < 1.29 is 4.79 Å². The highest BCUT2D eigenvalue weighted by molar-refractivity contribution is 9.10. The summed E-state index contributed by atoms with van der Waals surface area (Å²) in [7, 11) is 0. The quantitative estimate of drug-likeness (QED) is 0.882. The van der Waals surface area contributed by atoms with Gasteiger partial charge in [-0.05, 0) is 49.2 Å². The van der Waals surface area contributed by atoms with Crippen LogP contribution in [0.25, 0.3) is 0 Å². The Morgan fingerprint density at radius 3 is 2.47 bits per heavy atom. The third-order valence-electron chi connectivity index (χ3n) is 3.01. The van der Waals surface area contributed by atoms with Gasteiger partial charge in [-0.15, -0.1) is 0 Å². The first-order valence-electron chi connectivity index (χ1n) is 6.26. The topological polar surface area (TPSA) is 29.1 Å². The molecule has 0 fully saturated rings. The lowest BCUT2D eigenvalue weighted by Gasteiger charge is -2.10. The molecule has 0 aromatic heterocycles. The highest BCUT2D eigenvalue weighted by Crippen LogP contribution is 2.22. The van der Waals surface area contributed by atoms with Crippen LogP contribution in [0.1, 0.15) is 28.4 Å². The van der Waals surface area contributed by atoms with E-state index in [4.69, 9.17) is 0 Å². The second-order valence-electron chi connectivity index (χ2n) is 4.48. The Hall–Kier alpha value is -1.61. The Morgan fingerprint density at radius 2 is 1.84 bits per heavy atom. The molecule has 98 valence electrons. The van der Waals surface area contributed by atoms with E-state index in [2.05, 4.69) is 28.2 Å². The molecule has 2 nitrogen and oxygen atoms in total. The van der Waals surface area contributed by atoms with Crippen molar-refractivity contribution in [1.82, 2.24) is 0 Å². The highest BCUT2D eigenvalue weighted by Gasteiger charge is 2.08. The van der Waals surface area contributed by atoms with Gasteiger partial charge < -0.3 is 5.32 Å². The Kier molecular flexibility index (Phi) is 4.38. The van der Waals surface area contributed by atoms with E-state index in [1.807, 2.05) is 49.4 Å². The summed E-state index contributed by atoms with van der Waals surface area (Å²) < 4.78 is 1.03. The summed E-state index contributed by atoms with van der Waals surface area (Å²) in [5, 5.41) is 2.96. The standard InChI is InChI=1S/C16H16BrNO/c1-3-12-10-14(17)8-9-15(12)18-16(19)13-6-4-11(2)5-7-13/h4-10H,3H2,1-2H3,(H,18,19). The van der Waals surface area contributed by atoms with Crippen LogP contribution in [0, 0.1) is 6.92 Å². The molecule has 0 saturated carbocycles. The van der Waals surface area contributed by atoms with Crippen LogP contribution in [0.2, 0.25) is 0 Å². The number of aryl methyl sites for hydroxylation is 2. The lowest BCUT2D eigenvalue weighted by molar-refractivity contribution is 0.102. The summed E-state index contributed by atoms with van der Waals surface area (Å²) >= 11 is 3.44. The molecule has 3 heteroatoms. The molecule has 2 aromatic rings. The fraction of sp³-hybridized carbons (Fsp3) is 0.188. The van der Waals surface area contributed by atoms with Crippen molar-refractivity contribution in [3.8, 4) is 0 Å². The summed E-state index contributed by atoms with van der Waals surface area (Å²) in [5.74, 6) is -0.0722. The SMILES string of the molecule is CCc1cc(Br)ccc1NC(=O)c1ccc(C)cc1. The second-order valence-corrected chi connectivity index (χ2v) is 5.39. The minimum atomic E-state index is -0.0722. The molecule has 0 saturated heterocycles. The van der Waals surface area contributed by atoms with Gasteiger partial charge in [0.05, 0.1) is 0 Å². The zero-order valence-corrected chi connectivity index (χ0v) is 12.6. The zero-order valence-electron chi connectivity index (χ0n) is 11.0. The summed E-state index contributed by atoms with van der Waals surface area (Å²) in [6, 6.07) is 13.5. The Bertz CT molecular complexity index is 590. The molecular weight excluding hydrogens is 302 g/mol. The van der Waals surface area contributed by atoms with E-state index in [9.17, 15) is 4.79 Å². The van der Waals surface area contributed by atoms with Crippen LogP contribution in [0.5, 0.6) is 0 Å². The van der Waals surface area contributed by atoms with Crippen molar-refractivity contribution in [3.63, 3.8) is 0 Å². The van der Waals surface area contributed by atoms with Crippen LogP contribution in [-0.2, 0) is 6.42 Å². The number of rotatable bonds is 3. The fourth-order valence-electron chi connectivity index (χ4n) is 1.88. The van der Waals surface area contributed by atoms with Crippen LogP contribution >= 0.6 is 15.9 Å². The van der Waals surface area contributed by atoms with Crippen LogP contribution in [0.4, 0.5) is 5.69 Å². The maximum absolute atomic E-state index is 12.2. The smallest absolute Gasteiger partial charge is 0.255 e. The van der Waals surface area contributed by atoms with Gasteiger partial charge in [0.25, 0.3) is 5.91 Å². The molecule has 0 aliphatic carbocycles. The third kappa shape index (κ3) is 3.44. The maximum atomic E-state index is 12.2. The van der Waals surface area contributed by atoms with Gasteiger partial charge in [-0.25, -0.2) is 0 Å². The van der Waals surface area contributed by atoms with Crippen molar-refractivity contribution in [2.45, 2.75) is 20.3 Å². The van der Waals surface area contributed by atoms with E-state index in [0.29, 0.717) is 5.56 Å². The van der Waals surface area contributed by atoms with Gasteiger partial charge in [-0.1, -0.05) is 40.5 Å². The summed E-state index contributed by atoms with van der Waals surface area (Å²) in [6.45, 7) is 4.08. The molecule has 0 heterocycles. The fourth-order valence-corrected chi connectivity index (χ4v) is 2.28. The second kappa shape index (κ2) is 6.02. The Balaban J connectivity index is 2.21. The van der Waals surface area contributed by atoms with Crippen molar-refractivity contribution in [1.29, 1.82) is 0 Å². The molecule has 2 aromatic carbocycles. The van der Waals surface area contributed by atoms with E-state index in [0.717, 1.165) is 27.7 Å².